The van der Waals surface area contributed by atoms with Crippen molar-refractivity contribution < 1.29 is 14.3 Å². The van der Waals surface area contributed by atoms with Crippen LogP contribution < -0.4 is 10.1 Å². The third kappa shape index (κ3) is 4.84. The molecule has 0 saturated heterocycles. The number of likely N-dealkylation sites (N-methyl/N-ethyl adjacent to an activating group) is 1. The molecule has 0 fully saturated rings. The van der Waals surface area contributed by atoms with E-state index in [9.17, 15) is 9.59 Å². The van der Waals surface area contributed by atoms with Gasteiger partial charge in [-0.1, -0.05) is 31.2 Å². The number of benzene rings is 1. The van der Waals surface area contributed by atoms with Gasteiger partial charge >= 0.3 is 0 Å². The number of para-hydroxylation sites is 1. The molecule has 25 heavy (non-hydrogen) atoms. The fourth-order valence-electron chi connectivity index (χ4n) is 2.75. The predicted molar refractivity (Wildman–Crippen MR) is 98.7 cm³/mol. The third-order valence-corrected chi connectivity index (χ3v) is 4.62. The second kappa shape index (κ2) is 8.70. The molecular weight excluding hydrogens is 316 g/mol. The summed E-state index contributed by atoms with van der Waals surface area (Å²) in [5.41, 5.74) is 0.476. The van der Waals surface area contributed by atoms with Crippen LogP contribution in [0.1, 0.15) is 50.4 Å². The first-order valence-electron chi connectivity index (χ1n) is 8.92. The van der Waals surface area contributed by atoms with Crippen molar-refractivity contribution in [3.8, 4) is 5.75 Å². The van der Waals surface area contributed by atoms with Crippen molar-refractivity contribution in [2.24, 2.45) is 0 Å². The summed E-state index contributed by atoms with van der Waals surface area (Å²) in [5.74, 6) is 0.197. The number of rotatable bonds is 1. The van der Waals surface area contributed by atoms with Crippen LogP contribution >= 0.6 is 0 Å². The molecule has 0 aromatic heterocycles. The number of fused-ring (bicyclic) bond motifs is 1. The van der Waals surface area contributed by atoms with E-state index in [0.29, 0.717) is 11.3 Å². The molecule has 1 heterocycles. The average Bonchev–Trinajstić information content (AvgIpc) is 2.61. The number of carbonyl (C=O) groups excluding carboxylic acids is 2. The largest absolute Gasteiger partial charge is 0.490 e. The lowest BCUT2D eigenvalue weighted by atomic mass is 10.1. The molecule has 136 valence electrons. The highest BCUT2D eigenvalue weighted by Gasteiger charge is 2.26. The van der Waals surface area contributed by atoms with Crippen molar-refractivity contribution in [3.05, 3.63) is 42.0 Å². The Morgan fingerprint density at radius 1 is 1.16 bits per heavy atom. The average molecular weight is 344 g/mol. The number of hydrogen-bond donors (Lipinski definition) is 1. The van der Waals surface area contributed by atoms with E-state index in [2.05, 4.69) is 17.5 Å². The van der Waals surface area contributed by atoms with Crippen LogP contribution in [0.3, 0.4) is 0 Å². The van der Waals surface area contributed by atoms with E-state index in [-0.39, 0.29) is 24.0 Å². The van der Waals surface area contributed by atoms with Gasteiger partial charge in [0.1, 0.15) is 11.8 Å². The Morgan fingerprint density at radius 3 is 2.56 bits per heavy atom. The van der Waals surface area contributed by atoms with Crippen LogP contribution in [0.5, 0.6) is 5.75 Å². The highest BCUT2D eigenvalue weighted by Crippen LogP contribution is 2.22. The molecule has 0 saturated carbocycles. The van der Waals surface area contributed by atoms with Gasteiger partial charge in [-0.15, -0.1) is 0 Å². The minimum Gasteiger partial charge on any atom is -0.490 e. The first-order valence-corrected chi connectivity index (χ1v) is 8.92. The first kappa shape index (κ1) is 19.0. The molecule has 0 unspecified atom stereocenters. The SMILES string of the molecule is CC[C@@H]1C/C=C\C[C@H](C)Oc2ccccc2C(=O)N(C)[C@@H](C)C(=O)N1. The van der Waals surface area contributed by atoms with E-state index in [1.165, 1.54) is 4.90 Å². The van der Waals surface area contributed by atoms with E-state index in [1.54, 1.807) is 32.2 Å². The first-order chi connectivity index (χ1) is 11.9. The number of hydrogen-bond acceptors (Lipinski definition) is 3. The van der Waals surface area contributed by atoms with Gasteiger partial charge in [-0.3, -0.25) is 9.59 Å². The molecule has 1 aliphatic heterocycles. The molecule has 3 atom stereocenters. The maximum Gasteiger partial charge on any atom is 0.258 e. The van der Waals surface area contributed by atoms with Gasteiger partial charge < -0.3 is 15.0 Å². The van der Waals surface area contributed by atoms with Crippen molar-refractivity contribution in [2.75, 3.05) is 7.05 Å². The van der Waals surface area contributed by atoms with Gasteiger partial charge in [0.2, 0.25) is 5.91 Å². The van der Waals surface area contributed by atoms with E-state index in [4.69, 9.17) is 4.74 Å². The summed E-state index contributed by atoms with van der Waals surface area (Å²) in [6, 6.07) is 6.70. The Hall–Kier alpha value is -2.30. The molecular formula is C20H28N2O3. The van der Waals surface area contributed by atoms with Crippen LogP contribution in [0, 0.1) is 0 Å². The lowest BCUT2D eigenvalue weighted by Crippen LogP contribution is -2.48. The maximum atomic E-state index is 12.9. The fourth-order valence-corrected chi connectivity index (χ4v) is 2.75. The summed E-state index contributed by atoms with van der Waals surface area (Å²) in [5, 5.41) is 3.04. The van der Waals surface area contributed by atoms with Crippen LogP contribution in [0.2, 0.25) is 0 Å². The molecule has 1 aromatic carbocycles. The van der Waals surface area contributed by atoms with Crippen molar-refractivity contribution in [3.63, 3.8) is 0 Å². The lowest BCUT2D eigenvalue weighted by Gasteiger charge is -2.27. The van der Waals surface area contributed by atoms with Crippen molar-refractivity contribution in [1.82, 2.24) is 10.2 Å². The predicted octanol–water partition coefficient (Wildman–Crippen LogP) is 3.16. The quantitative estimate of drug-likeness (QED) is 0.796. The van der Waals surface area contributed by atoms with E-state index in [1.807, 2.05) is 19.9 Å². The molecule has 5 heteroatoms. The molecule has 1 aliphatic rings. The van der Waals surface area contributed by atoms with Crippen LogP contribution in [0.4, 0.5) is 0 Å². The molecule has 0 radical (unpaired) electrons. The fraction of sp³-hybridized carbons (Fsp3) is 0.500. The van der Waals surface area contributed by atoms with E-state index >= 15 is 0 Å². The van der Waals surface area contributed by atoms with Crippen LogP contribution in [0.25, 0.3) is 0 Å². The smallest absolute Gasteiger partial charge is 0.258 e. The summed E-state index contributed by atoms with van der Waals surface area (Å²) in [6.45, 7) is 5.78. The van der Waals surface area contributed by atoms with Gasteiger partial charge in [0.05, 0.1) is 11.7 Å². The number of ether oxygens (including phenoxy) is 1. The van der Waals surface area contributed by atoms with Gasteiger partial charge in [0.15, 0.2) is 0 Å². The van der Waals surface area contributed by atoms with Gasteiger partial charge in [-0.05, 0) is 38.8 Å². The molecule has 0 bridgehead atoms. The van der Waals surface area contributed by atoms with Gasteiger partial charge in [-0.25, -0.2) is 0 Å². The standard InChI is InChI=1S/C20H28N2O3/c1-5-16-11-7-6-10-14(2)25-18-13-9-8-12-17(18)20(24)22(4)15(3)19(23)21-16/h6-9,12-16H,5,10-11H2,1-4H3,(H,21,23)/b7-6-/t14-,15-,16+/m0/s1. The normalized spacial score (nSPS) is 26.9. The van der Waals surface area contributed by atoms with Crippen molar-refractivity contribution >= 4 is 11.8 Å². The molecule has 0 aliphatic carbocycles. The summed E-state index contributed by atoms with van der Waals surface area (Å²) < 4.78 is 5.98. The number of carbonyl (C=O) groups is 2. The second-order valence-electron chi connectivity index (χ2n) is 6.57. The minimum absolute atomic E-state index is 0.0365. The Kier molecular flexibility index (Phi) is 6.62. The molecule has 5 nitrogen and oxygen atoms in total. The summed E-state index contributed by atoms with van der Waals surface area (Å²) >= 11 is 0. The monoisotopic (exact) mass is 344 g/mol. The zero-order valence-electron chi connectivity index (χ0n) is 15.5. The zero-order valence-corrected chi connectivity index (χ0v) is 15.5. The second-order valence-corrected chi connectivity index (χ2v) is 6.57. The molecule has 1 aromatic rings. The number of nitrogens with zero attached hydrogens (tertiary/aromatic N) is 1. The van der Waals surface area contributed by atoms with Crippen LogP contribution in [-0.4, -0.2) is 41.9 Å². The molecule has 1 N–H and O–H groups in total. The number of amides is 2. The topological polar surface area (TPSA) is 58.6 Å². The summed E-state index contributed by atoms with van der Waals surface area (Å²) in [6.07, 6.45) is 6.49. The Bertz CT molecular complexity index is 642. The third-order valence-electron chi connectivity index (χ3n) is 4.62. The minimum atomic E-state index is -0.557. The number of nitrogens with one attached hydrogen (secondary N) is 1. The van der Waals surface area contributed by atoms with Gasteiger partial charge in [0, 0.05) is 19.5 Å². The highest BCUT2D eigenvalue weighted by molar-refractivity contribution is 5.99. The van der Waals surface area contributed by atoms with Crippen LogP contribution in [0.15, 0.2) is 36.4 Å². The van der Waals surface area contributed by atoms with Crippen LogP contribution in [-0.2, 0) is 4.79 Å². The van der Waals surface area contributed by atoms with E-state index in [0.717, 1.165) is 19.3 Å². The summed E-state index contributed by atoms with van der Waals surface area (Å²) in [4.78, 5) is 26.9. The Labute approximate surface area is 150 Å². The molecule has 2 amide bonds. The Morgan fingerprint density at radius 2 is 1.84 bits per heavy atom. The van der Waals surface area contributed by atoms with Crippen molar-refractivity contribution in [2.45, 2.75) is 58.2 Å². The van der Waals surface area contributed by atoms with Crippen molar-refractivity contribution in [1.29, 1.82) is 0 Å². The molecule has 0 spiro atoms. The summed E-state index contributed by atoms with van der Waals surface area (Å²) in [7, 11) is 1.65. The molecule has 2 rings (SSSR count). The maximum absolute atomic E-state index is 12.9. The van der Waals surface area contributed by atoms with E-state index < -0.39 is 6.04 Å². The van der Waals surface area contributed by atoms with Gasteiger partial charge in [0.25, 0.3) is 5.91 Å². The van der Waals surface area contributed by atoms with Gasteiger partial charge in [-0.2, -0.15) is 0 Å². The Balaban J connectivity index is 2.34. The highest BCUT2D eigenvalue weighted by atomic mass is 16.5. The lowest BCUT2D eigenvalue weighted by molar-refractivity contribution is -0.125. The zero-order chi connectivity index (χ0) is 18.4.